The second-order valence-electron chi connectivity index (χ2n) is 7.85. The Hall–Kier alpha value is -1.57. The van der Waals surface area contributed by atoms with Gasteiger partial charge in [-0.1, -0.05) is 37.6 Å². The Morgan fingerprint density at radius 1 is 1.00 bits per heavy atom. The molecule has 0 bridgehead atoms. The maximum absolute atomic E-state index is 13.8. The Bertz CT molecular complexity index is 818. The summed E-state index contributed by atoms with van der Waals surface area (Å²) in [6.45, 7) is 6.51. The van der Waals surface area contributed by atoms with Crippen LogP contribution in [0.4, 0.5) is 17.6 Å². The van der Waals surface area contributed by atoms with Crippen molar-refractivity contribution in [2.75, 3.05) is 5.75 Å². The zero-order valence-electron chi connectivity index (χ0n) is 16.2. The van der Waals surface area contributed by atoms with Crippen LogP contribution >= 0.6 is 0 Å². The van der Waals surface area contributed by atoms with E-state index < -0.39 is 46.4 Å². The summed E-state index contributed by atoms with van der Waals surface area (Å²) in [4.78, 5) is 0.216. The van der Waals surface area contributed by atoms with Crippen LogP contribution in [0.15, 0.2) is 47.4 Å². The van der Waals surface area contributed by atoms with Crippen LogP contribution in [-0.2, 0) is 16.6 Å². The molecule has 2 aromatic rings. The molecule has 0 heterocycles. The van der Waals surface area contributed by atoms with Gasteiger partial charge in [-0.25, -0.2) is 4.39 Å². The third-order valence-corrected chi connectivity index (χ3v) is 6.38. The molecule has 7 heteroatoms. The molecular formula is C21H24F4O2S. The predicted octanol–water partition coefficient (Wildman–Crippen LogP) is 5.21. The van der Waals surface area contributed by atoms with E-state index in [-0.39, 0.29) is 4.90 Å². The van der Waals surface area contributed by atoms with E-state index in [0.29, 0.717) is 11.1 Å². The summed E-state index contributed by atoms with van der Waals surface area (Å²) in [6.07, 6.45) is -5.74. The van der Waals surface area contributed by atoms with Gasteiger partial charge in [0.2, 0.25) is 5.60 Å². The van der Waals surface area contributed by atoms with E-state index in [1.807, 2.05) is 6.92 Å². The van der Waals surface area contributed by atoms with E-state index in [9.17, 15) is 27.2 Å². The highest BCUT2D eigenvalue weighted by Crippen LogP contribution is 2.43. The van der Waals surface area contributed by atoms with Gasteiger partial charge in [0.15, 0.2) is 4.90 Å². The second-order valence-corrected chi connectivity index (χ2v) is 9.30. The van der Waals surface area contributed by atoms with E-state index >= 15 is 0 Å². The maximum Gasteiger partial charge on any atom is 0.421 e. The maximum atomic E-state index is 13.8. The number of halogens is 4. The Labute approximate surface area is 165 Å². The Balaban J connectivity index is 2.36. The number of benzene rings is 2. The van der Waals surface area contributed by atoms with Crippen molar-refractivity contribution in [3.8, 4) is 0 Å². The number of aryl methyl sites for hydroxylation is 2. The number of hydrogen-bond donors (Lipinski definition) is 1. The lowest BCUT2D eigenvalue weighted by atomic mass is 9.74. The van der Waals surface area contributed by atoms with Gasteiger partial charge in [-0.3, -0.25) is 0 Å². The minimum Gasteiger partial charge on any atom is -0.611 e. The van der Waals surface area contributed by atoms with E-state index in [2.05, 4.69) is 0 Å². The molecule has 28 heavy (non-hydrogen) atoms. The smallest absolute Gasteiger partial charge is 0.421 e. The molecule has 0 aromatic heterocycles. The first-order chi connectivity index (χ1) is 12.7. The molecule has 0 aliphatic rings. The molecule has 1 unspecified atom stereocenters. The summed E-state index contributed by atoms with van der Waals surface area (Å²) in [5.74, 6) is -1.55. The lowest BCUT2D eigenvalue weighted by Gasteiger charge is -2.38. The van der Waals surface area contributed by atoms with Crippen LogP contribution in [0, 0.1) is 19.7 Å². The predicted molar refractivity (Wildman–Crippen MR) is 102 cm³/mol. The fourth-order valence-electron chi connectivity index (χ4n) is 3.37. The fraction of sp³-hybridized carbons (Fsp3) is 0.429. The van der Waals surface area contributed by atoms with Crippen molar-refractivity contribution in [2.45, 2.75) is 56.2 Å². The van der Waals surface area contributed by atoms with Crippen LogP contribution in [0.1, 0.15) is 37.0 Å². The van der Waals surface area contributed by atoms with E-state index in [0.717, 1.165) is 5.56 Å². The fourth-order valence-corrected chi connectivity index (χ4v) is 4.68. The summed E-state index contributed by atoms with van der Waals surface area (Å²) >= 11 is -2.05. The molecule has 2 rings (SSSR count). The first-order valence-electron chi connectivity index (χ1n) is 8.76. The van der Waals surface area contributed by atoms with Crippen LogP contribution in [0.5, 0.6) is 0 Å². The van der Waals surface area contributed by atoms with E-state index in [1.54, 1.807) is 19.1 Å². The zero-order valence-corrected chi connectivity index (χ0v) is 17.0. The van der Waals surface area contributed by atoms with Crippen molar-refractivity contribution < 1.29 is 27.2 Å². The van der Waals surface area contributed by atoms with Crippen LogP contribution in [0.25, 0.3) is 0 Å². The van der Waals surface area contributed by atoms with Gasteiger partial charge in [0.25, 0.3) is 0 Å². The van der Waals surface area contributed by atoms with Gasteiger partial charge in [0, 0.05) is 0 Å². The molecule has 0 radical (unpaired) electrons. The van der Waals surface area contributed by atoms with Crippen molar-refractivity contribution in [3.63, 3.8) is 0 Å². The number of hydrogen-bond acceptors (Lipinski definition) is 2. The summed E-state index contributed by atoms with van der Waals surface area (Å²) in [5.41, 5.74) is -2.51. The van der Waals surface area contributed by atoms with Gasteiger partial charge >= 0.3 is 6.18 Å². The summed E-state index contributed by atoms with van der Waals surface area (Å²) in [7, 11) is 0. The number of aliphatic hydroxyl groups is 1. The van der Waals surface area contributed by atoms with Gasteiger partial charge in [-0.15, -0.1) is 0 Å². The van der Waals surface area contributed by atoms with Gasteiger partial charge < -0.3 is 9.66 Å². The second kappa shape index (κ2) is 8.05. The molecule has 1 N–H and O–H groups in total. The third kappa shape index (κ3) is 5.07. The van der Waals surface area contributed by atoms with Gasteiger partial charge in [0.1, 0.15) is 11.6 Å². The molecule has 2 nitrogen and oxygen atoms in total. The van der Waals surface area contributed by atoms with Crippen LogP contribution in [-0.4, -0.2) is 27.2 Å². The Kier molecular flexibility index (Phi) is 6.53. The van der Waals surface area contributed by atoms with E-state index in [4.69, 9.17) is 0 Å². The first kappa shape index (κ1) is 22.7. The van der Waals surface area contributed by atoms with Gasteiger partial charge in [0.05, 0.1) is 0 Å². The quantitative estimate of drug-likeness (QED) is 0.519. The van der Waals surface area contributed by atoms with Crippen molar-refractivity contribution >= 4 is 11.2 Å². The minimum atomic E-state index is -4.99. The molecule has 0 aliphatic carbocycles. The molecule has 2 atom stereocenters. The number of alkyl halides is 3. The highest BCUT2D eigenvalue weighted by atomic mass is 32.2. The molecule has 0 saturated heterocycles. The average molecular weight is 416 g/mol. The van der Waals surface area contributed by atoms with Crippen molar-refractivity contribution in [1.82, 2.24) is 0 Å². The summed E-state index contributed by atoms with van der Waals surface area (Å²) in [6, 6.07) is 10.2. The average Bonchev–Trinajstić information content (AvgIpc) is 2.56. The first-order valence-corrected chi connectivity index (χ1v) is 10.1. The lowest BCUT2D eigenvalue weighted by Crippen LogP contribution is -2.53. The number of rotatable bonds is 6. The molecular weight excluding hydrogens is 392 g/mol. The third-order valence-electron chi connectivity index (χ3n) is 4.84. The standard InChI is InChI=1S/C21H24F4O2S/c1-14-5-9-17(10-6-14)28(27)13-20(26,21(23,24)25)12-19(3,4)18-11-16(22)8-7-15(18)2/h5-11,26H,12-13H2,1-4H3/t20-,28?/m0/s1. The normalized spacial score (nSPS) is 15.9. The SMILES string of the molecule is Cc1ccc([S+]([O-])C[C@@](O)(CC(C)(C)c2cc(F)ccc2C)C(F)(F)F)cc1. The Morgan fingerprint density at radius 3 is 2.11 bits per heavy atom. The van der Waals surface area contributed by atoms with Crippen molar-refractivity contribution in [1.29, 1.82) is 0 Å². The largest absolute Gasteiger partial charge is 0.611 e. The molecule has 2 aromatic carbocycles. The topological polar surface area (TPSA) is 43.3 Å². The lowest BCUT2D eigenvalue weighted by molar-refractivity contribution is -0.257. The van der Waals surface area contributed by atoms with E-state index in [1.165, 1.54) is 44.2 Å². The van der Waals surface area contributed by atoms with Gasteiger partial charge in [-0.05, 0) is 72.3 Å². The molecule has 0 saturated carbocycles. The van der Waals surface area contributed by atoms with Crippen molar-refractivity contribution in [3.05, 3.63) is 65.0 Å². The molecule has 0 fully saturated rings. The highest BCUT2D eigenvalue weighted by Gasteiger charge is 2.59. The molecule has 0 amide bonds. The summed E-state index contributed by atoms with van der Waals surface area (Å²) < 4.78 is 67.7. The zero-order chi connectivity index (χ0) is 21.3. The monoisotopic (exact) mass is 416 g/mol. The molecule has 0 spiro atoms. The minimum absolute atomic E-state index is 0.216. The molecule has 0 aliphatic heterocycles. The van der Waals surface area contributed by atoms with Crippen LogP contribution < -0.4 is 0 Å². The highest BCUT2D eigenvalue weighted by molar-refractivity contribution is 7.91. The van der Waals surface area contributed by atoms with Crippen LogP contribution in [0.3, 0.4) is 0 Å². The summed E-state index contributed by atoms with van der Waals surface area (Å²) in [5, 5.41) is 10.6. The van der Waals surface area contributed by atoms with Crippen LogP contribution in [0.2, 0.25) is 0 Å². The van der Waals surface area contributed by atoms with Crippen molar-refractivity contribution in [2.24, 2.45) is 0 Å². The molecule has 154 valence electrons. The van der Waals surface area contributed by atoms with Gasteiger partial charge in [-0.2, -0.15) is 13.2 Å². The Morgan fingerprint density at radius 2 is 1.57 bits per heavy atom.